The SMILES string of the molecule is Cn1nnc(-c2cccs2)c1C(=O)O. The summed E-state index contributed by atoms with van der Waals surface area (Å²) in [5.74, 6) is -1.01. The average molecular weight is 209 g/mol. The van der Waals surface area contributed by atoms with Crippen LogP contribution in [0.2, 0.25) is 0 Å². The Kier molecular flexibility index (Phi) is 2.05. The second-order valence-electron chi connectivity index (χ2n) is 2.69. The van der Waals surface area contributed by atoms with Crippen molar-refractivity contribution in [2.45, 2.75) is 0 Å². The van der Waals surface area contributed by atoms with E-state index in [1.165, 1.54) is 16.0 Å². The number of carboxylic acids is 1. The summed E-state index contributed by atoms with van der Waals surface area (Å²) in [7, 11) is 1.56. The Morgan fingerprint density at radius 1 is 1.64 bits per heavy atom. The molecule has 0 unspecified atom stereocenters. The largest absolute Gasteiger partial charge is 0.476 e. The van der Waals surface area contributed by atoms with Gasteiger partial charge in [-0.15, -0.1) is 16.4 Å². The minimum atomic E-state index is -1.01. The highest BCUT2D eigenvalue weighted by Gasteiger charge is 2.19. The minimum absolute atomic E-state index is 0.118. The van der Waals surface area contributed by atoms with Crippen LogP contribution >= 0.6 is 11.3 Å². The van der Waals surface area contributed by atoms with Gasteiger partial charge in [-0.1, -0.05) is 11.3 Å². The highest BCUT2D eigenvalue weighted by atomic mass is 32.1. The molecule has 2 aromatic rings. The van der Waals surface area contributed by atoms with Crippen LogP contribution in [0.15, 0.2) is 17.5 Å². The molecule has 2 rings (SSSR count). The molecule has 72 valence electrons. The number of hydrogen-bond acceptors (Lipinski definition) is 4. The van der Waals surface area contributed by atoms with Gasteiger partial charge >= 0.3 is 5.97 Å². The van der Waals surface area contributed by atoms with Crippen LogP contribution in [0.1, 0.15) is 10.5 Å². The van der Waals surface area contributed by atoms with E-state index in [9.17, 15) is 4.79 Å². The first-order chi connectivity index (χ1) is 6.70. The van der Waals surface area contributed by atoms with Gasteiger partial charge in [-0.3, -0.25) is 0 Å². The summed E-state index contributed by atoms with van der Waals surface area (Å²) < 4.78 is 1.26. The van der Waals surface area contributed by atoms with Gasteiger partial charge in [-0.25, -0.2) is 9.48 Å². The lowest BCUT2D eigenvalue weighted by molar-refractivity contribution is 0.0686. The minimum Gasteiger partial charge on any atom is -0.476 e. The lowest BCUT2D eigenvalue weighted by Crippen LogP contribution is -2.06. The lowest BCUT2D eigenvalue weighted by Gasteiger charge is -1.95. The number of thiophene rings is 1. The number of nitrogens with zero attached hydrogens (tertiary/aromatic N) is 3. The standard InChI is InChI=1S/C8H7N3O2S/c1-11-7(8(12)13)6(9-10-11)5-3-2-4-14-5/h2-4H,1H3,(H,12,13). The van der Waals surface area contributed by atoms with Gasteiger partial charge in [0, 0.05) is 7.05 Å². The Labute approximate surface area is 83.6 Å². The summed E-state index contributed by atoms with van der Waals surface area (Å²) in [6.07, 6.45) is 0. The molecule has 0 aliphatic rings. The topological polar surface area (TPSA) is 68.0 Å². The Bertz CT molecular complexity index is 461. The van der Waals surface area contributed by atoms with E-state index in [2.05, 4.69) is 10.3 Å². The van der Waals surface area contributed by atoms with E-state index >= 15 is 0 Å². The van der Waals surface area contributed by atoms with Crippen LogP contribution in [0.25, 0.3) is 10.6 Å². The maximum atomic E-state index is 10.9. The fourth-order valence-electron chi connectivity index (χ4n) is 1.18. The van der Waals surface area contributed by atoms with Gasteiger partial charge in [0.1, 0.15) is 5.69 Å². The van der Waals surface area contributed by atoms with Crippen molar-refractivity contribution in [3.05, 3.63) is 23.2 Å². The summed E-state index contributed by atoms with van der Waals surface area (Å²) in [4.78, 5) is 11.7. The van der Waals surface area contributed by atoms with Crippen LogP contribution in [-0.4, -0.2) is 26.1 Å². The zero-order chi connectivity index (χ0) is 10.1. The molecule has 0 fully saturated rings. The second kappa shape index (κ2) is 3.22. The highest BCUT2D eigenvalue weighted by molar-refractivity contribution is 7.13. The number of rotatable bonds is 2. The molecule has 0 amide bonds. The van der Waals surface area contributed by atoms with Crippen molar-refractivity contribution in [2.75, 3.05) is 0 Å². The molecule has 0 aliphatic carbocycles. The van der Waals surface area contributed by atoms with Crippen molar-refractivity contribution in [1.82, 2.24) is 15.0 Å². The number of carbonyl (C=O) groups is 1. The van der Waals surface area contributed by atoms with E-state index in [0.29, 0.717) is 5.69 Å². The number of carboxylic acid groups (broad SMARTS) is 1. The van der Waals surface area contributed by atoms with E-state index in [1.54, 1.807) is 7.05 Å². The third-order valence-electron chi connectivity index (χ3n) is 1.78. The molecule has 0 bridgehead atoms. The van der Waals surface area contributed by atoms with Crippen LogP contribution in [0.4, 0.5) is 0 Å². The predicted octanol–water partition coefficient (Wildman–Crippen LogP) is 1.24. The first kappa shape index (κ1) is 8.89. The maximum Gasteiger partial charge on any atom is 0.356 e. The predicted molar refractivity (Wildman–Crippen MR) is 51.3 cm³/mol. The number of aromatic nitrogens is 3. The first-order valence-corrected chi connectivity index (χ1v) is 4.75. The molecular formula is C8H7N3O2S. The van der Waals surface area contributed by atoms with E-state index in [1.807, 2.05) is 17.5 Å². The molecule has 0 aromatic carbocycles. The summed E-state index contributed by atoms with van der Waals surface area (Å²) in [6.45, 7) is 0. The van der Waals surface area contributed by atoms with E-state index in [4.69, 9.17) is 5.11 Å². The van der Waals surface area contributed by atoms with Gasteiger partial charge in [0.15, 0.2) is 5.69 Å². The lowest BCUT2D eigenvalue weighted by atomic mass is 10.3. The molecule has 2 aromatic heterocycles. The Balaban J connectivity index is 2.60. The molecule has 0 saturated carbocycles. The third-order valence-corrected chi connectivity index (χ3v) is 2.66. The van der Waals surface area contributed by atoms with Gasteiger partial charge in [-0.2, -0.15) is 0 Å². The smallest absolute Gasteiger partial charge is 0.356 e. The normalized spacial score (nSPS) is 10.4. The molecule has 1 N–H and O–H groups in total. The van der Waals surface area contributed by atoms with Gasteiger partial charge in [-0.05, 0) is 11.4 Å². The summed E-state index contributed by atoms with van der Waals surface area (Å²) in [5, 5.41) is 18.3. The average Bonchev–Trinajstić information content (AvgIpc) is 2.70. The molecule has 0 saturated heterocycles. The van der Waals surface area contributed by atoms with Crippen molar-refractivity contribution in [3.63, 3.8) is 0 Å². The van der Waals surface area contributed by atoms with Crippen molar-refractivity contribution in [2.24, 2.45) is 7.05 Å². The van der Waals surface area contributed by atoms with Crippen LogP contribution in [0, 0.1) is 0 Å². The second-order valence-corrected chi connectivity index (χ2v) is 3.64. The molecule has 0 radical (unpaired) electrons. The van der Waals surface area contributed by atoms with Gasteiger partial charge < -0.3 is 5.11 Å². The zero-order valence-electron chi connectivity index (χ0n) is 7.34. The fraction of sp³-hybridized carbons (Fsp3) is 0.125. The maximum absolute atomic E-state index is 10.9. The van der Waals surface area contributed by atoms with Crippen LogP contribution < -0.4 is 0 Å². The van der Waals surface area contributed by atoms with Crippen LogP contribution in [0.3, 0.4) is 0 Å². The third kappa shape index (κ3) is 1.29. The van der Waals surface area contributed by atoms with Crippen molar-refractivity contribution >= 4 is 17.3 Å². The first-order valence-electron chi connectivity index (χ1n) is 3.87. The molecule has 2 heterocycles. The van der Waals surface area contributed by atoms with Gasteiger partial charge in [0.05, 0.1) is 4.88 Å². The monoisotopic (exact) mass is 209 g/mol. The van der Waals surface area contributed by atoms with E-state index in [-0.39, 0.29) is 5.69 Å². The molecule has 5 nitrogen and oxygen atoms in total. The molecule has 0 spiro atoms. The summed E-state index contributed by atoms with van der Waals surface area (Å²) in [5.41, 5.74) is 0.544. The van der Waals surface area contributed by atoms with E-state index in [0.717, 1.165) is 4.88 Å². The van der Waals surface area contributed by atoms with Gasteiger partial charge in [0.2, 0.25) is 0 Å². The van der Waals surface area contributed by atoms with Crippen molar-refractivity contribution in [3.8, 4) is 10.6 Å². The quantitative estimate of drug-likeness (QED) is 0.808. The Hall–Kier alpha value is -1.69. The highest BCUT2D eigenvalue weighted by Crippen LogP contribution is 2.25. The van der Waals surface area contributed by atoms with E-state index < -0.39 is 5.97 Å². The molecular weight excluding hydrogens is 202 g/mol. The molecule has 14 heavy (non-hydrogen) atoms. The van der Waals surface area contributed by atoms with Crippen molar-refractivity contribution < 1.29 is 9.90 Å². The van der Waals surface area contributed by atoms with Gasteiger partial charge in [0.25, 0.3) is 0 Å². The number of hydrogen-bond donors (Lipinski definition) is 1. The van der Waals surface area contributed by atoms with Crippen LogP contribution in [-0.2, 0) is 7.05 Å². The molecule has 6 heteroatoms. The number of aryl methyl sites for hydroxylation is 1. The Morgan fingerprint density at radius 3 is 3.00 bits per heavy atom. The zero-order valence-corrected chi connectivity index (χ0v) is 8.15. The fourth-order valence-corrected chi connectivity index (χ4v) is 1.89. The molecule has 0 aliphatic heterocycles. The molecule has 0 atom stereocenters. The van der Waals surface area contributed by atoms with Crippen LogP contribution in [0.5, 0.6) is 0 Å². The summed E-state index contributed by atoms with van der Waals surface area (Å²) >= 11 is 1.44. The van der Waals surface area contributed by atoms with Crippen molar-refractivity contribution in [1.29, 1.82) is 0 Å². The Morgan fingerprint density at radius 2 is 2.43 bits per heavy atom. The number of aromatic carboxylic acids is 1. The summed E-state index contributed by atoms with van der Waals surface area (Å²) in [6, 6.07) is 3.67.